The summed E-state index contributed by atoms with van der Waals surface area (Å²) in [6, 6.07) is 9.80. The Labute approximate surface area is 138 Å². The van der Waals surface area contributed by atoms with Crippen LogP contribution in [0.1, 0.15) is 31.8 Å². The van der Waals surface area contributed by atoms with Gasteiger partial charge in [-0.2, -0.15) is 0 Å². The highest BCUT2D eigenvalue weighted by atomic mass is 35.5. The Morgan fingerprint density at radius 1 is 1.00 bits per heavy atom. The average molecular weight is 337 g/mol. The SMILES string of the molecule is Cc1ccc(C(=O)OCC(=O)c2cc(Cl)ccc2Cl)cc1C. The van der Waals surface area contributed by atoms with Gasteiger partial charge in [0.05, 0.1) is 10.6 Å². The van der Waals surface area contributed by atoms with Crippen molar-refractivity contribution < 1.29 is 14.3 Å². The van der Waals surface area contributed by atoms with Crippen molar-refractivity contribution in [1.82, 2.24) is 0 Å². The maximum Gasteiger partial charge on any atom is 0.338 e. The molecule has 2 aromatic rings. The molecule has 0 unspecified atom stereocenters. The maximum atomic E-state index is 12.1. The molecule has 0 saturated carbocycles. The summed E-state index contributed by atoms with van der Waals surface area (Å²) in [4.78, 5) is 24.0. The molecule has 0 aliphatic heterocycles. The second-order valence-electron chi connectivity index (χ2n) is 4.92. The zero-order valence-electron chi connectivity index (χ0n) is 12.2. The first-order valence-corrected chi connectivity index (χ1v) is 7.36. The smallest absolute Gasteiger partial charge is 0.338 e. The molecule has 114 valence electrons. The molecule has 0 aromatic heterocycles. The Bertz CT molecular complexity index is 739. The van der Waals surface area contributed by atoms with Gasteiger partial charge in [-0.05, 0) is 55.3 Å². The van der Waals surface area contributed by atoms with Gasteiger partial charge >= 0.3 is 5.97 Å². The van der Waals surface area contributed by atoms with Crippen molar-refractivity contribution >= 4 is 35.0 Å². The topological polar surface area (TPSA) is 43.4 Å². The molecule has 0 saturated heterocycles. The quantitative estimate of drug-likeness (QED) is 0.602. The van der Waals surface area contributed by atoms with E-state index in [1.54, 1.807) is 18.2 Å². The van der Waals surface area contributed by atoms with Crippen LogP contribution in [0.5, 0.6) is 0 Å². The van der Waals surface area contributed by atoms with Crippen LogP contribution in [-0.2, 0) is 4.74 Å². The zero-order valence-corrected chi connectivity index (χ0v) is 13.7. The van der Waals surface area contributed by atoms with Gasteiger partial charge in [-0.3, -0.25) is 4.79 Å². The molecule has 0 bridgehead atoms. The van der Waals surface area contributed by atoms with Crippen molar-refractivity contribution in [3.05, 3.63) is 68.7 Å². The monoisotopic (exact) mass is 336 g/mol. The van der Waals surface area contributed by atoms with Gasteiger partial charge in [0, 0.05) is 10.6 Å². The summed E-state index contributed by atoms with van der Waals surface area (Å²) >= 11 is 11.8. The van der Waals surface area contributed by atoms with E-state index in [0.717, 1.165) is 11.1 Å². The van der Waals surface area contributed by atoms with Gasteiger partial charge in [0.25, 0.3) is 0 Å². The van der Waals surface area contributed by atoms with Gasteiger partial charge in [0.15, 0.2) is 6.61 Å². The fourth-order valence-corrected chi connectivity index (χ4v) is 2.27. The first-order valence-electron chi connectivity index (χ1n) is 6.61. The number of hydrogen-bond donors (Lipinski definition) is 0. The number of Topliss-reactive ketones (excluding diaryl/α,β-unsaturated/α-hetero) is 1. The third-order valence-corrected chi connectivity index (χ3v) is 3.87. The Kier molecular flexibility index (Phi) is 5.22. The molecular weight excluding hydrogens is 323 g/mol. The van der Waals surface area contributed by atoms with Gasteiger partial charge in [0.2, 0.25) is 5.78 Å². The Hall–Kier alpha value is -1.84. The third kappa shape index (κ3) is 3.87. The van der Waals surface area contributed by atoms with Crippen LogP contribution < -0.4 is 0 Å². The summed E-state index contributed by atoms with van der Waals surface area (Å²) in [6.07, 6.45) is 0. The minimum absolute atomic E-state index is 0.238. The summed E-state index contributed by atoms with van der Waals surface area (Å²) in [5.41, 5.74) is 2.71. The van der Waals surface area contributed by atoms with Gasteiger partial charge < -0.3 is 4.74 Å². The minimum Gasteiger partial charge on any atom is -0.454 e. The van der Waals surface area contributed by atoms with Gasteiger partial charge in [-0.1, -0.05) is 29.3 Å². The highest BCUT2D eigenvalue weighted by molar-refractivity contribution is 6.36. The molecule has 0 N–H and O–H groups in total. The number of benzene rings is 2. The molecule has 0 fully saturated rings. The lowest BCUT2D eigenvalue weighted by Gasteiger charge is -2.07. The van der Waals surface area contributed by atoms with Crippen molar-refractivity contribution in [3.63, 3.8) is 0 Å². The summed E-state index contributed by atoms with van der Waals surface area (Å²) < 4.78 is 5.04. The van der Waals surface area contributed by atoms with Crippen molar-refractivity contribution in [2.75, 3.05) is 6.61 Å². The Morgan fingerprint density at radius 2 is 1.73 bits per heavy atom. The maximum absolute atomic E-state index is 12.1. The first-order chi connectivity index (χ1) is 10.4. The average Bonchev–Trinajstić information content (AvgIpc) is 2.49. The fourth-order valence-electron chi connectivity index (χ4n) is 1.87. The summed E-state index contributed by atoms with van der Waals surface area (Å²) in [7, 11) is 0. The summed E-state index contributed by atoms with van der Waals surface area (Å²) in [5, 5.41) is 0.671. The van der Waals surface area contributed by atoms with Gasteiger partial charge in [-0.25, -0.2) is 4.79 Å². The van der Waals surface area contributed by atoms with E-state index in [9.17, 15) is 9.59 Å². The Morgan fingerprint density at radius 3 is 2.41 bits per heavy atom. The Balaban J connectivity index is 2.05. The van der Waals surface area contributed by atoms with Crippen molar-refractivity contribution in [3.8, 4) is 0 Å². The number of aryl methyl sites for hydroxylation is 2. The van der Waals surface area contributed by atoms with Crippen LogP contribution >= 0.6 is 23.2 Å². The highest BCUT2D eigenvalue weighted by Crippen LogP contribution is 2.21. The van der Waals surface area contributed by atoms with Crippen LogP contribution in [0.2, 0.25) is 10.0 Å². The van der Waals surface area contributed by atoms with E-state index >= 15 is 0 Å². The summed E-state index contributed by atoms with van der Waals surface area (Å²) in [6.45, 7) is 3.48. The predicted octanol–water partition coefficient (Wildman–Crippen LogP) is 4.65. The molecule has 3 nitrogen and oxygen atoms in total. The van der Waals surface area contributed by atoms with Crippen LogP contribution in [0.3, 0.4) is 0 Å². The van der Waals surface area contributed by atoms with Crippen LogP contribution in [0, 0.1) is 13.8 Å². The van der Waals surface area contributed by atoms with Gasteiger partial charge in [-0.15, -0.1) is 0 Å². The predicted molar refractivity (Wildman–Crippen MR) is 87.0 cm³/mol. The van der Waals surface area contributed by atoms with Crippen LogP contribution in [-0.4, -0.2) is 18.4 Å². The molecule has 0 atom stereocenters. The molecule has 0 spiro atoms. The number of rotatable bonds is 4. The number of ether oxygens (including phenoxy) is 1. The molecule has 0 aliphatic rings. The summed E-state index contributed by atoms with van der Waals surface area (Å²) in [5.74, 6) is -0.945. The van der Waals surface area contributed by atoms with Crippen LogP contribution in [0.4, 0.5) is 0 Å². The molecule has 2 aromatic carbocycles. The van der Waals surface area contributed by atoms with E-state index in [1.165, 1.54) is 12.1 Å². The standard InChI is InChI=1S/C17H14Cl2O3/c1-10-3-4-12(7-11(10)2)17(21)22-9-16(20)14-8-13(18)5-6-15(14)19/h3-8H,9H2,1-2H3. The minimum atomic E-state index is -0.547. The largest absolute Gasteiger partial charge is 0.454 e. The molecule has 2 rings (SSSR count). The van der Waals surface area contributed by atoms with Crippen molar-refractivity contribution in [2.24, 2.45) is 0 Å². The lowest BCUT2D eigenvalue weighted by Crippen LogP contribution is -2.15. The second-order valence-corrected chi connectivity index (χ2v) is 5.77. The number of carbonyl (C=O) groups is 2. The van der Waals surface area contributed by atoms with Crippen molar-refractivity contribution in [1.29, 1.82) is 0 Å². The first kappa shape index (κ1) is 16.5. The van der Waals surface area contributed by atoms with E-state index < -0.39 is 11.8 Å². The molecule has 0 radical (unpaired) electrons. The van der Waals surface area contributed by atoms with E-state index in [-0.39, 0.29) is 17.2 Å². The molecule has 0 amide bonds. The lowest BCUT2D eigenvalue weighted by atomic mass is 10.1. The highest BCUT2D eigenvalue weighted by Gasteiger charge is 2.15. The number of carbonyl (C=O) groups excluding carboxylic acids is 2. The van der Waals surface area contributed by atoms with E-state index in [0.29, 0.717) is 10.6 Å². The van der Waals surface area contributed by atoms with Crippen LogP contribution in [0.15, 0.2) is 36.4 Å². The lowest BCUT2D eigenvalue weighted by molar-refractivity contribution is 0.0474. The molecule has 5 heteroatoms. The number of esters is 1. The molecule has 0 aliphatic carbocycles. The van der Waals surface area contributed by atoms with E-state index in [4.69, 9.17) is 27.9 Å². The molecular formula is C17H14Cl2O3. The number of ketones is 1. The van der Waals surface area contributed by atoms with Crippen molar-refractivity contribution in [2.45, 2.75) is 13.8 Å². The third-order valence-electron chi connectivity index (χ3n) is 3.31. The normalized spacial score (nSPS) is 10.4. The van der Waals surface area contributed by atoms with E-state index in [2.05, 4.69) is 0 Å². The van der Waals surface area contributed by atoms with Crippen LogP contribution in [0.25, 0.3) is 0 Å². The van der Waals surface area contributed by atoms with E-state index in [1.807, 2.05) is 19.9 Å². The second kappa shape index (κ2) is 6.95. The number of hydrogen-bond acceptors (Lipinski definition) is 3. The number of halogens is 2. The zero-order chi connectivity index (χ0) is 16.3. The molecule has 22 heavy (non-hydrogen) atoms. The van der Waals surface area contributed by atoms with Gasteiger partial charge in [0.1, 0.15) is 0 Å². The molecule has 0 heterocycles. The fraction of sp³-hybridized carbons (Fsp3) is 0.176.